The molecule has 0 aromatic carbocycles. The van der Waals surface area contributed by atoms with Gasteiger partial charge in [-0.25, -0.2) is 9.97 Å². The average Bonchev–Trinajstić information content (AvgIpc) is 2.58. The van der Waals surface area contributed by atoms with Gasteiger partial charge in [0.2, 0.25) is 5.95 Å². The third-order valence-corrected chi connectivity index (χ3v) is 5.13. The van der Waals surface area contributed by atoms with Gasteiger partial charge in [0.25, 0.3) is 0 Å². The summed E-state index contributed by atoms with van der Waals surface area (Å²) in [6.07, 6.45) is 0. The molecule has 1 atom stereocenters. The number of anilines is 1. The van der Waals surface area contributed by atoms with Gasteiger partial charge in [0.15, 0.2) is 0 Å². The lowest BCUT2D eigenvalue weighted by atomic mass is 10.2. The molecule has 2 aromatic rings. The van der Waals surface area contributed by atoms with Crippen molar-refractivity contribution in [3.05, 3.63) is 10.9 Å². The molecule has 0 aliphatic carbocycles. The van der Waals surface area contributed by atoms with Crippen molar-refractivity contribution >= 4 is 39.3 Å². The number of nitrogens with zero attached hydrogens (tertiary/aromatic N) is 2. The number of thiophene rings is 1. The Kier molecular flexibility index (Phi) is 3.58. The summed E-state index contributed by atoms with van der Waals surface area (Å²) in [5, 5.41) is 2.67. The first-order valence-corrected chi connectivity index (χ1v) is 7.37. The molecule has 3 nitrogen and oxygen atoms in total. The number of thioether (sulfide) groups is 1. The summed E-state index contributed by atoms with van der Waals surface area (Å²) in [4.78, 5) is 10.9. The third-order valence-electron chi connectivity index (χ3n) is 2.73. The van der Waals surface area contributed by atoms with Crippen molar-refractivity contribution in [3.63, 3.8) is 0 Å². The van der Waals surface area contributed by atoms with E-state index in [0.717, 1.165) is 15.2 Å². The molecule has 92 valence electrons. The van der Waals surface area contributed by atoms with Crippen LogP contribution in [0.15, 0.2) is 11.1 Å². The van der Waals surface area contributed by atoms with E-state index < -0.39 is 0 Å². The first-order chi connectivity index (χ1) is 7.97. The molecule has 5 heteroatoms. The van der Waals surface area contributed by atoms with Crippen LogP contribution < -0.4 is 5.73 Å². The quantitative estimate of drug-likeness (QED) is 0.680. The molecule has 2 rings (SSSR count). The van der Waals surface area contributed by atoms with Crippen molar-refractivity contribution < 1.29 is 0 Å². The van der Waals surface area contributed by atoms with Crippen LogP contribution in [-0.2, 0) is 0 Å². The smallest absolute Gasteiger partial charge is 0.222 e. The Balaban J connectivity index is 2.44. The Morgan fingerprint density at radius 2 is 2.00 bits per heavy atom. The van der Waals surface area contributed by atoms with Crippen LogP contribution in [-0.4, -0.2) is 15.2 Å². The van der Waals surface area contributed by atoms with Gasteiger partial charge >= 0.3 is 0 Å². The van der Waals surface area contributed by atoms with E-state index in [-0.39, 0.29) is 0 Å². The number of nitrogens with two attached hydrogens (primary N) is 1. The Hall–Kier alpha value is -0.810. The molecule has 0 spiro atoms. The highest BCUT2D eigenvalue weighted by Crippen LogP contribution is 2.35. The maximum Gasteiger partial charge on any atom is 0.222 e. The molecular formula is C12H17N3S2. The lowest BCUT2D eigenvalue weighted by molar-refractivity contribution is 0.642. The number of hydrogen-bond donors (Lipinski definition) is 1. The van der Waals surface area contributed by atoms with Crippen molar-refractivity contribution in [3.8, 4) is 0 Å². The van der Waals surface area contributed by atoms with Gasteiger partial charge in [-0.05, 0) is 18.9 Å². The molecule has 0 saturated carbocycles. The van der Waals surface area contributed by atoms with Crippen molar-refractivity contribution in [2.24, 2.45) is 5.92 Å². The second kappa shape index (κ2) is 4.82. The fourth-order valence-electron chi connectivity index (χ4n) is 1.43. The van der Waals surface area contributed by atoms with Crippen LogP contribution in [0.3, 0.4) is 0 Å². The summed E-state index contributed by atoms with van der Waals surface area (Å²) in [6.45, 7) is 8.75. The lowest BCUT2D eigenvalue weighted by Crippen LogP contribution is -2.06. The zero-order valence-electron chi connectivity index (χ0n) is 10.5. The number of nitrogen functional groups attached to an aromatic ring is 1. The van der Waals surface area contributed by atoms with Gasteiger partial charge in [-0.15, -0.1) is 23.1 Å². The predicted molar refractivity (Wildman–Crippen MR) is 76.7 cm³/mol. The molecule has 0 fully saturated rings. The van der Waals surface area contributed by atoms with Gasteiger partial charge in [-0.2, -0.15) is 0 Å². The van der Waals surface area contributed by atoms with Crippen LogP contribution in [0.4, 0.5) is 5.95 Å². The number of aryl methyl sites for hydroxylation is 1. The summed E-state index contributed by atoms with van der Waals surface area (Å²) < 4.78 is 0. The van der Waals surface area contributed by atoms with E-state index in [9.17, 15) is 0 Å². The predicted octanol–water partition coefficient (Wildman–Crippen LogP) is 3.72. The van der Waals surface area contributed by atoms with E-state index in [1.165, 1.54) is 4.88 Å². The minimum Gasteiger partial charge on any atom is -0.368 e. The molecule has 0 amide bonds. The first-order valence-electron chi connectivity index (χ1n) is 5.67. The van der Waals surface area contributed by atoms with Crippen LogP contribution >= 0.6 is 23.1 Å². The van der Waals surface area contributed by atoms with Crippen molar-refractivity contribution in [2.45, 2.75) is 38.0 Å². The van der Waals surface area contributed by atoms with Crippen LogP contribution in [0.2, 0.25) is 0 Å². The molecule has 2 N–H and O–H groups in total. The maximum absolute atomic E-state index is 5.76. The average molecular weight is 267 g/mol. The standard InChI is InChI=1S/C12H17N3S2/c1-6(2)8(4)17-11-9-5-7(3)16-10(9)14-12(13)15-11/h5-6,8H,1-4H3,(H2,13,14,15). The van der Waals surface area contributed by atoms with Gasteiger partial charge in [0, 0.05) is 15.5 Å². The number of fused-ring (bicyclic) bond motifs is 1. The topological polar surface area (TPSA) is 51.8 Å². The van der Waals surface area contributed by atoms with E-state index in [1.54, 1.807) is 23.1 Å². The van der Waals surface area contributed by atoms with Crippen molar-refractivity contribution in [2.75, 3.05) is 5.73 Å². The van der Waals surface area contributed by atoms with E-state index in [2.05, 4.69) is 43.7 Å². The third kappa shape index (κ3) is 2.72. The summed E-state index contributed by atoms with van der Waals surface area (Å²) >= 11 is 3.46. The molecule has 1 unspecified atom stereocenters. The zero-order valence-corrected chi connectivity index (χ0v) is 12.2. The molecule has 17 heavy (non-hydrogen) atoms. The summed E-state index contributed by atoms with van der Waals surface area (Å²) in [5.41, 5.74) is 5.76. The van der Waals surface area contributed by atoms with Gasteiger partial charge in [-0.3, -0.25) is 0 Å². The highest BCUT2D eigenvalue weighted by atomic mass is 32.2. The number of rotatable bonds is 3. The summed E-state index contributed by atoms with van der Waals surface area (Å²) in [7, 11) is 0. The highest BCUT2D eigenvalue weighted by molar-refractivity contribution is 8.00. The minimum atomic E-state index is 0.373. The van der Waals surface area contributed by atoms with Crippen LogP contribution in [0.1, 0.15) is 25.6 Å². The van der Waals surface area contributed by atoms with E-state index in [1.807, 2.05) is 0 Å². The monoisotopic (exact) mass is 267 g/mol. The Labute approximate surface area is 110 Å². The van der Waals surface area contributed by atoms with E-state index >= 15 is 0 Å². The second-order valence-corrected chi connectivity index (χ2v) is 7.13. The fourth-order valence-corrected chi connectivity index (χ4v) is 3.44. The zero-order chi connectivity index (χ0) is 12.6. The molecular weight excluding hydrogens is 250 g/mol. The maximum atomic E-state index is 5.76. The first kappa shape index (κ1) is 12.6. The molecule has 0 aliphatic heterocycles. The van der Waals surface area contributed by atoms with Crippen molar-refractivity contribution in [1.82, 2.24) is 9.97 Å². The fraction of sp³-hybridized carbons (Fsp3) is 0.500. The van der Waals surface area contributed by atoms with E-state index in [0.29, 0.717) is 17.1 Å². The lowest BCUT2D eigenvalue weighted by Gasteiger charge is -2.14. The van der Waals surface area contributed by atoms with Crippen LogP contribution in [0, 0.1) is 12.8 Å². The second-order valence-electron chi connectivity index (χ2n) is 4.53. The van der Waals surface area contributed by atoms with Gasteiger partial charge in [-0.1, -0.05) is 20.8 Å². The summed E-state index contributed by atoms with van der Waals surface area (Å²) in [6, 6.07) is 2.15. The number of hydrogen-bond acceptors (Lipinski definition) is 5. The SMILES string of the molecule is Cc1cc2c(SC(C)C(C)C)nc(N)nc2s1. The molecule has 2 heterocycles. The molecule has 0 bridgehead atoms. The van der Waals surface area contributed by atoms with Crippen LogP contribution in [0.5, 0.6) is 0 Å². The van der Waals surface area contributed by atoms with Crippen LogP contribution in [0.25, 0.3) is 10.2 Å². The van der Waals surface area contributed by atoms with Gasteiger partial charge in [0.05, 0.1) is 0 Å². The van der Waals surface area contributed by atoms with Crippen molar-refractivity contribution in [1.29, 1.82) is 0 Å². The molecule has 0 saturated heterocycles. The van der Waals surface area contributed by atoms with Gasteiger partial charge in [0.1, 0.15) is 9.86 Å². The normalized spacial score (nSPS) is 13.5. The molecule has 0 radical (unpaired) electrons. The molecule has 0 aliphatic rings. The largest absolute Gasteiger partial charge is 0.368 e. The van der Waals surface area contributed by atoms with Gasteiger partial charge < -0.3 is 5.73 Å². The highest BCUT2D eigenvalue weighted by Gasteiger charge is 2.15. The number of aromatic nitrogens is 2. The summed E-state index contributed by atoms with van der Waals surface area (Å²) in [5.74, 6) is 0.990. The minimum absolute atomic E-state index is 0.373. The molecule has 2 aromatic heterocycles. The Morgan fingerprint density at radius 3 is 2.65 bits per heavy atom. The Morgan fingerprint density at radius 1 is 1.29 bits per heavy atom. The Bertz CT molecular complexity index is 534. The van der Waals surface area contributed by atoms with E-state index in [4.69, 9.17) is 5.73 Å².